The van der Waals surface area contributed by atoms with Crippen molar-refractivity contribution in [2.45, 2.75) is 13.8 Å². The molecule has 3 rings (SSSR count). The summed E-state index contributed by atoms with van der Waals surface area (Å²) in [7, 11) is 0. The lowest BCUT2D eigenvalue weighted by atomic mass is 10.1. The lowest BCUT2D eigenvalue weighted by molar-refractivity contribution is -0.125. The van der Waals surface area contributed by atoms with Crippen LogP contribution in [0.4, 0.5) is 4.79 Å². The second-order valence-corrected chi connectivity index (χ2v) is 7.96. The van der Waals surface area contributed by atoms with Crippen LogP contribution in [0.5, 0.6) is 5.75 Å². The van der Waals surface area contributed by atoms with Crippen molar-refractivity contribution in [3.63, 3.8) is 0 Å². The maximum Gasteiger partial charge on any atom is 0.293 e. The number of thioether (sulfide) groups is 1. The first-order valence-electron chi connectivity index (χ1n) is 9.66. The van der Waals surface area contributed by atoms with Gasteiger partial charge < -0.3 is 10.1 Å². The van der Waals surface area contributed by atoms with E-state index in [2.05, 4.69) is 5.32 Å². The number of rotatable bonds is 8. The normalized spacial score (nSPS) is 14.8. The monoisotopic (exact) mass is 438 g/mol. The van der Waals surface area contributed by atoms with Gasteiger partial charge >= 0.3 is 0 Å². The minimum absolute atomic E-state index is 0.0709. The third-order valence-corrected chi connectivity index (χ3v) is 5.42. The summed E-state index contributed by atoms with van der Waals surface area (Å²) in [6.07, 6.45) is 1.69. The molecule has 160 valence electrons. The van der Waals surface area contributed by atoms with Crippen molar-refractivity contribution >= 4 is 40.7 Å². The first kappa shape index (κ1) is 22.3. The van der Waals surface area contributed by atoms with Gasteiger partial charge in [-0.1, -0.05) is 42.0 Å². The molecule has 1 saturated heterocycles. The van der Waals surface area contributed by atoms with Gasteiger partial charge in [0.2, 0.25) is 0 Å². The lowest BCUT2D eigenvalue weighted by Crippen LogP contribution is -2.38. The fraction of sp³-hybridized carbons (Fsp3) is 0.217. The van der Waals surface area contributed by atoms with E-state index < -0.39 is 5.91 Å². The number of amides is 3. The summed E-state index contributed by atoms with van der Waals surface area (Å²) in [6.45, 7) is 3.37. The molecule has 0 unspecified atom stereocenters. The smallest absolute Gasteiger partial charge is 0.293 e. The summed E-state index contributed by atoms with van der Waals surface area (Å²) in [5.41, 5.74) is 2.45. The Balaban J connectivity index is 1.47. The number of imide groups is 1. The van der Waals surface area contributed by atoms with Crippen LogP contribution in [-0.4, -0.2) is 47.4 Å². The minimum atomic E-state index is -0.393. The van der Waals surface area contributed by atoms with Crippen LogP contribution in [0.3, 0.4) is 0 Å². The van der Waals surface area contributed by atoms with E-state index in [9.17, 15) is 19.2 Å². The van der Waals surface area contributed by atoms with E-state index in [0.717, 1.165) is 27.8 Å². The van der Waals surface area contributed by atoms with E-state index in [-0.39, 0.29) is 36.6 Å². The predicted molar refractivity (Wildman–Crippen MR) is 119 cm³/mol. The second kappa shape index (κ2) is 10.1. The first-order chi connectivity index (χ1) is 14.8. The number of hydrogen-bond acceptors (Lipinski definition) is 6. The Morgan fingerprint density at radius 2 is 1.87 bits per heavy atom. The average Bonchev–Trinajstić information content (AvgIpc) is 3.01. The summed E-state index contributed by atoms with van der Waals surface area (Å²) in [4.78, 5) is 49.5. The highest BCUT2D eigenvalue weighted by Gasteiger charge is 2.34. The molecule has 2 aromatic rings. The molecule has 1 fully saturated rings. The zero-order chi connectivity index (χ0) is 22.4. The molecule has 31 heavy (non-hydrogen) atoms. The van der Waals surface area contributed by atoms with Gasteiger partial charge in [-0.25, -0.2) is 0 Å². The number of carbonyl (C=O) groups is 4. The Morgan fingerprint density at radius 3 is 2.58 bits per heavy atom. The fourth-order valence-corrected chi connectivity index (χ4v) is 3.68. The highest BCUT2D eigenvalue weighted by Crippen LogP contribution is 2.31. The van der Waals surface area contributed by atoms with Crippen LogP contribution >= 0.6 is 11.8 Å². The van der Waals surface area contributed by atoms with Gasteiger partial charge in [0.15, 0.2) is 12.4 Å². The third-order valence-electron chi connectivity index (χ3n) is 4.52. The largest absolute Gasteiger partial charge is 0.484 e. The molecule has 7 nitrogen and oxygen atoms in total. The zero-order valence-corrected chi connectivity index (χ0v) is 18.0. The van der Waals surface area contributed by atoms with E-state index in [1.165, 1.54) is 6.92 Å². The van der Waals surface area contributed by atoms with Gasteiger partial charge in [-0.3, -0.25) is 24.1 Å². The molecule has 1 aliphatic heterocycles. The van der Waals surface area contributed by atoms with Gasteiger partial charge in [-0.15, -0.1) is 0 Å². The molecule has 0 radical (unpaired) electrons. The van der Waals surface area contributed by atoms with Gasteiger partial charge in [0, 0.05) is 18.7 Å². The molecule has 0 aliphatic carbocycles. The van der Waals surface area contributed by atoms with Gasteiger partial charge in [0.1, 0.15) is 5.75 Å². The molecule has 1 N–H and O–H groups in total. The highest BCUT2D eigenvalue weighted by atomic mass is 32.2. The fourth-order valence-electron chi connectivity index (χ4n) is 2.82. The number of aryl methyl sites for hydroxylation is 1. The highest BCUT2D eigenvalue weighted by molar-refractivity contribution is 8.18. The molecule has 1 aliphatic rings. The van der Waals surface area contributed by atoms with E-state index in [0.29, 0.717) is 16.2 Å². The SMILES string of the molecule is CC(=O)c1cccc(OCC(=O)NCCN2C(=O)S/C(=C\c3ccc(C)cc3)C2=O)c1. The van der Waals surface area contributed by atoms with E-state index in [1.807, 2.05) is 31.2 Å². The lowest BCUT2D eigenvalue weighted by Gasteiger charge is -2.13. The Bertz CT molecular complexity index is 1050. The standard InChI is InChI=1S/C23H22N2O5S/c1-15-6-8-17(9-7-15)12-20-22(28)25(23(29)31-20)11-10-24-21(27)14-30-19-5-3-4-18(13-19)16(2)26/h3-9,12-13H,10-11,14H2,1-2H3,(H,24,27)/b20-12-. The van der Waals surface area contributed by atoms with Crippen molar-refractivity contribution in [2.24, 2.45) is 0 Å². The van der Waals surface area contributed by atoms with Crippen LogP contribution in [0.1, 0.15) is 28.4 Å². The Morgan fingerprint density at radius 1 is 1.13 bits per heavy atom. The van der Waals surface area contributed by atoms with Crippen molar-refractivity contribution < 1.29 is 23.9 Å². The van der Waals surface area contributed by atoms with E-state index in [4.69, 9.17) is 4.74 Å². The van der Waals surface area contributed by atoms with E-state index in [1.54, 1.807) is 30.3 Å². The molecule has 0 saturated carbocycles. The molecule has 0 atom stereocenters. The second-order valence-electron chi connectivity index (χ2n) is 6.97. The molecular weight excluding hydrogens is 416 g/mol. The van der Waals surface area contributed by atoms with Crippen molar-refractivity contribution in [3.8, 4) is 5.75 Å². The van der Waals surface area contributed by atoms with Crippen LogP contribution in [0, 0.1) is 6.92 Å². The summed E-state index contributed by atoms with van der Waals surface area (Å²) in [6, 6.07) is 14.2. The van der Waals surface area contributed by atoms with E-state index >= 15 is 0 Å². The Kier molecular flexibility index (Phi) is 7.25. The molecule has 0 aromatic heterocycles. The van der Waals surface area contributed by atoms with Gasteiger partial charge in [-0.2, -0.15) is 0 Å². The van der Waals surface area contributed by atoms with Gasteiger partial charge in [-0.05, 0) is 49.4 Å². The zero-order valence-electron chi connectivity index (χ0n) is 17.2. The minimum Gasteiger partial charge on any atom is -0.484 e. The van der Waals surface area contributed by atoms with Crippen LogP contribution in [-0.2, 0) is 9.59 Å². The van der Waals surface area contributed by atoms with Crippen molar-refractivity contribution in [2.75, 3.05) is 19.7 Å². The number of Topliss-reactive ketones (excluding diaryl/α,β-unsaturated/α-hetero) is 1. The molecule has 0 spiro atoms. The van der Waals surface area contributed by atoms with Gasteiger partial charge in [0.05, 0.1) is 4.91 Å². The average molecular weight is 439 g/mol. The summed E-state index contributed by atoms with van der Waals surface area (Å²) < 4.78 is 5.39. The quantitative estimate of drug-likeness (QED) is 0.501. The molecule has 1 heterocycles. The number of ether oxygens (including phenoxy) is 1. The van der Waals surface area contributed by atoms with Crippen molar-refractivity contribution in [1.82, 2.24) is 10.2 Å². The maximum atomic E-state index is 12.5. The molecule has 8 heteroatoms. The molecular formula is C23H22N2O5S. The van der Waals surface area contributed by atoms with Crippen LogP contribution < -0.4 is 10.1 Å². The van der Waals surface area contributed by atoms with Crippen molar-refractivity contribution in [1.29, 1.82) is 0 Å². The topological polar surface area (TPSA) is 92.8 Å². The van der Waals surface area contributed by atoms with Crippen LogP contribution in [0.15, 0.2) is 53.4 Å². The molecule has 2 aromatic carbocycles. The Labute approximate surface area is 184 Å². The first-order valence-corrected chi connectivity index (χ1v) is 10.5. The number of nitrogens with zero attached hydrogens (tertiary/aromatic N) is 1. The molecule has 3 amide bonds. The van der Waals surface area contributed by atoms with Crippen LogP contribution in [0.25, 0.3) is 6.08 Å². The number of hydrogen-bond donors (Lipinski definition) is 1. The molecule has 0 bridgehead atoms. The number of benzene rings is 2. The maximum absolute atomic E-state index is 12.5. The van der Waals surface area contributed by atoms with Gasteiger partial charge in [0.25, 0.3) is 17.1 Å². The summed E-state index contributed by atoms with van der Waals surface area (Å²) in [5, 5.41) is 2.26. The summed E-state index contributed by atoms with van der Waals surface area (Å²) >= 11 is 0.884. The summed E-state index contributed by atoms with van der Waals surface area (Å²) in [5.74, 6) is -0.448. The number of nitrogens with one attached hydrogen (secondary N) is 1. The van der Waals surface area contributed by atoms with Crippen LogP contribution in [0.2, 0.25) is 0 Å². The third kappa shape index (κ3) is 6.05. The van der Waals surface area contributed by atoms with Crippen molar-refractivity contribution in [3.05, 3.63) is 70.1 Å². The number of ketones is 1. The number of carbonyl (C=O) groups excluding carboxylic acids is 4. The predicted octanol–water partition coefficient (Wildman–Crippen LogP) is 3.43. The Hall–Kier alpha value is -3.39.